The third kappa shape index (κ3) is 1.64. The van der Waals surface area contributed by atoms with Gasteiger partial charge in [-0.25, -0.2) is 0 Å². The lowest BCUT2D eigenvalue weighted by Gasteiger charge is -2.21. The van der Waals surface area contributed by atoms with Gasteiger partial charge in [0.05, 0.1) is 6.10 Å². The Labute approximate surface area is 85.3 Å². The number of aliphatic hydroxyl groups excluding tert-OH is 1. The molecule has 2 saturated heterocycles. The van der Waals surface area contributed by atoms with Crippen molar-refractivity contribution in [1.82, 2.24) is 0 Å². The SMILES string of the molecule is CC1(C)O[C@@H]2[C@@H](CBr)OC(O)[C@@H]2O1. The minimum atomic E-state index is -0.866. The van der Waals surface area contributed by atoms with Gasteiger partial charge in [0.15, 0.2) is 12.1 Å². The molecule has 76 valence electrons. The first-order valence-electron chi connectivity index (χ1n) is 4.28. The van der Waals surface area contributed by atoms with E-state index in [9.17, 15) is 5.11 Å². The van der Waals surface area contributed by atoms with Gasteiger partial charge in [0.1, 0.15) is 12.2 Å². The van der Waals surface area contributed by atoms with E-state index in [4.69, 9.17) is 14.2 Å². The molecule has 4 atom stereocenters. The summed E-state index contributed by atoms with van der Waals surface area (Å²) >= 11 is 3.31. The van der Waals surface area contributed by atoms with Gasteiger partial charge in [0, 0.05) is 5.33 Å². The largest absolute Gasteiger partial charge is 0.366 e. The van der Waals surface area contributed by atoms with E-state index in [0.29, 0.717) is 5.33 Å². The van der Waals surface area contributed by atoms with Gasteiger partial charge in [-0.2, -0.15) is 0 Å². The minimum absolute atomic E-state index is 0.123. The summed E-state index contributed by atoms with van der Waals surface area (Å²) < 4.78 is 16.3. The van der Waals surface area contributed by atoms with Crippen molar-refractivity contribution in [3.8, 4) is 0 Å². The summed E-state index contributed by atoms with van der Waals surface area (Å²) in [4.78, 5) is 0. The van der Waals surface area contributed by atoms with Gasteiger partial charge in [-0.15, -0.1) is 0 Å². The van der Waals surface area contributed by atoms with E-state index in [1.54, 1.807) is 0 Å². The summed E-state index contributed by atoms with van der Waals surface area (Å²) in [5.41, 5.74) is 0. The van der Waals surface area contributed by atoms with Crippen molar-refractivity contribution in [1.29, 1.82) is 0 Å². The van der Waals surface area contributed by atoms with Gasteiger partial charge in [-0.3, -0.25) is 0 Å². The van der Waals surface area contributed by atoms with Crippen molar-refractivity contribution >= 4 is 15.9 Å². The topological polar surface area (TPSA) is 47.9 Å². The first-order chi connectivity index (χ1) is 6.03. The van der Waals surface area contributed by atoms with Gasteiger partial charge >= 0.3 is 0 Å². The zero-order valence-corrected chi connectivity index (χ0v) is 9.15. The molecule has 2 aliphatic heterocycles. The van der Waals surface area contributed by atoms with Crippen LogP contribution in [-0.4, -0.2) is 40.8 Å². The third-order valence-corrected chi connectivity index (χ3v) is 2.92. The number of alkyl halides is 1. The highest BCUT2D eigenvalue weighted by Crippen LogP contribution is 2.38. The molecule has 1 N–H and O–H groups in total. The molecule has 0 saturated carbocycles. The molecule has 13 heavy (non-hydrogen) atoms. The smallest absolute Gasteiger partial charge is 0.184 e. The Kier molecular flexibility index (Phi) is 2.40. The number of fused-ring (bicyclic) bond motifs is 1. The quantitative estimate of drug-likeness (QED) is 0.696. The Morgan fingerprint density at radius 2 is 1.92 bits per heavy atom. The molecule has 2 rings (SSSR count). The molecule has 5 heteroatoms. The molecule has 0 spiro atoms. The lowest BCUT2D eigenvalue weighted by Crippen LogP contribution is -2.30. The molecular weight excluding hydrogens is 240 g/mol. The van der Waals surface area contributed by atoms with Crippen LogP contribution in [0.25, 0.3) is 0 Å². The van der Waals surface area contributed by atoms with Gasteiger partial charge < -0.3 is 19.3 Å². The number of hydrogen-bond acceptors (Lipinski definition) is 4. The zero-order valence-electron chi connectivity index (χ0n) is 7.57. The van der Waals surface area contributed by atoms with Crippen LogP contribution in [0.5, 0.6) is 0 Å². The van der Waals surface area contributed by atoms with Crippen LogP contribution >= 0.6 is 15.9 Å². The normalized spacial score (nSPS) is 48.0. The maximum absolute atomic E-state index is 9.49. The van der Waals surface area contributed by atoms with Crippen LogP contribution in [0.2, 0.25) is 0 Å². The van der Waals surface area contributed by atoms with Crippen molar-refractivity contribution in [2.45, 2.75) is 44.2 Å². The Bertz CT molecular complexity index is 208. The second kappa shape index (κ2) is 3.17. The van der Waals surface area contributed by atoms with Gasteiger partial charge in [-0.05, 0) is 13.8 Å². The van der Waals surface area contributed by atoms with E-state index in [1.807, 2.05) is 13.8 Å². The van der Waals surface area contributed by atoms with Crippen LogP contribution in [0.15, 0.2) is 0 Å². The summed E-state index contributed by atoms with van der Waals surface area (Å²) in [6.45, 7) is 3.67. The second-order valence-electron chi connectivity index (χ2n) is 3.78. The number of halogens is 1. The zero-order chi connectivity index (χ0) is 9.64. The van der Waals surface area contributed by atoms with E-state index in [-0.39, 0.29) is 18.3 Å². The van der Waals surface area contributed by atoms with Crippen LogP contribution < -0.4 is 0 Å². The Morgan fingerprint density at radius 3 is 2.54 bits per heavy atom. The average molecular weight is 253 g/mol. The molecule has 0 aliphatic carbocycles. The van der Waals surface area contributed by atoms with Gasteiger partial charge in [-0.1, -0.05) is 15.9 Å². The van der Waals surface area contributed by atoms with E-state index in [2.05, 4.69) is 15.9 Å². The number of rotatable bonds is 1. The van der Waals surface area contributed by atoms with E-state index in [0.717, 1.165) is 0 Å². The Balaban J connectivity index is 2.12. The average Bonchev–Trinajstić information content (AvgIpc) is 2.47. The summed E-state index contributed by atoms with van der Waals surface area (Å²) in [5.74, 6) is -0.611. The molecule has 0 aromatic rings. The molecule has 0 aromatic heterocycles. The van der Waals surface area contributed by atoms with Crippen molar-refractivity contribution in [2.24, 2.45) is 0 Å². The van der Waals surface area contributed by atoms with E-state index < -0.39 is 12.1 Å². The summed E-state index contributed by atoms with van der Waals surface area (Å²) in [6, 6.07) is 0. The first kappa shape index (κ1) is 9.86. The van der Waals surface area contributed by atoms with Crippen LogP contribution in [0.3, 0.4) is 0 Å². The number of ether oxygens (including phenoxy) is 3. The fourth-order valence-corrected chi connectivity index (χ4v) is 2.30. The highest BCUT2D eigenvalue weighted by atomic mass is 79.9. The predicted molar refractivity (Wildman–Crippen MR) is 48.5 cm³/mol. The molecule has 0 amide bonds. The van der Waals surface area contributed by atoms with Crippen LogP contribution in [0.4, 0.5) is 0 Å². The highest BCUT2D eigenvalue weighted by Gasteiger charge is 2.54. The van der Waals surface area contributed by atoms with Crippen LogP contribution in [0, 0.1) is 0 Å². The Morgan fingerprint density at radius 1 is 1.31 bits per heavy atom. The monoisotopic (exact) mass is 252 g/mol. The lowest BCUT2D eigenvalue weighted by atomic mass is 10.2. The maximum Gasteiger partial charge on any atom is 0.184 e. The van der Waals surface area contributed by atoms with E-state index in [1.165, 1.54) is 0 Å². The van der Waals surface area contributed by atoms with E-state index >= 15 is 0 Å². The fourth-order valence-electron chi connectivity index (χ4n) is 1.78. The van der Waals surface area contributed by atoms with Crippen molar-refractivity contribution < 1.29 is 19.3 Å². The molecule has 0 radical (unpaired) electrons. The molecule has 2 fully saturated rings. The van der Waals surface area contributed by atoms with Crippen molar-refractivity contribution in [3.05, 3.63) is 0 Å². The molecule has 1 unspecified atom stereocenters. The fraction of sp³-hybridized carbons (Fsp3) is 1.00. The molecule has 0 bridgehead atoms. The Hall–Kier alpha value is 0.320. The van der Waals surface area contributed by atoms with Crippen molar-refractivity contribution in [3.63, 3.8) is 0 Å². The summed E-state index contributed by atoms with van der Waals surface area (Å²) in [6.07, 6.45) is -1.50. The molecular formula is C8H13BrO4. The lowest BCUT2D eigenvalue weighted by molar-refractivity contribution is -0.217. The predicted octanol–water partition coefficient (Wildman–Crippen LogP) is 0.619. The molecule has 2 aliphatic rings. The van der Waals surface area contributed by atoms with Crippen LogP contribution in [-0.2, 0) is 14.2 Å². The maximum atomic E-state index is 9.49. The third-order valence-electron chi connectivity index (χ3n) is 2.28. The standard InChI is InChI=1S/C8H13BrO4/c1-8(2)12-5-4(3-9)11-7(10)6(5)13-8/h4-7,10H,3H2,1-2H3/t4-,5-,6-,7?/m1/s1. The minimum Gasteiger partial charge on any atom is -0.366 e. The second-order valence-corrected chi connectivity index (χ2v) is 4.43. The molecule has 4 nitrogen and oxygen atoms in total. The summed E-state index contributed by atoms with van der Waals surface area (Å²) in [7, 11) is 0. The van der Waals surface area contributed by atoms with Crippen molar-refractivity contribution in [2.75, 3.05) is 5.33 Å². The van der Waals surface area contributed by atoms with Gasteiger partial charge in [0.2, 0.25) is 0 Å². The highest BCUT2D eigenvalue weighted by molar-refractivity contribution is 9.09. The van der Waals surface area contributed by atoms with Gasteiger partial charge in [0.25, 0.3) is 0 Å². The summed E-state index contributed by atoms with van der Waals surface area (Å²) in [5, 5.41) is 10.1. The van der Waals surface area contributed by atoms with Crippen LogP contribution in [0.1, 0.15) is 13.8 Å². The molecule has 2 heterocycles. The number of aliphatic hydroxyl groups is 1. The first-order valence-corrected chi connectivity index (χ1v) is 5.41. The number of hydrogen-bond donors (Lipinski definition) is 1. The molecule has 0 aromatic carbocycles.